The highest BCUT2D eigenvalue weighted by molar-refractivity contribution is 6.28. The van der Waals surface area contributed by atoms with E-state index in [0.717, 1.165) is 0 Å². The van der Waals surface area contributed by atoms with Crippen molar-refractivity contribution in [3.05, 3.63) is 35.6 Å². The van der Waals surface area contributed by atoms with Gasteiger partial charge in [0.2, 0.25) is 11.2 Å². The molecular formula is C12H10ClF3N4O. The molecule has 1 heterocycles. The molecule has 9 heteroatoms. The van der Waals surface area contributed by atoms with E-state index < -0.39 is 12.2 Å². The molecule has 0 aliphatic heterocycles. The second-order valence-corrected chi connectivity index (χ2v) is 4.10. The number of halogens is 4. The van der Waals surface area contributed by atoms with Crippen LogP contribution < -0.4 is 9.64 Å². The molecule has 0 saturated carbocycles. The van der Waals surface area contributed by atoms with Crippen LogP contribution in [0.15, 0.2) is 30.3 Å². The lowest BCUT2D eigenvalue weighted by Crippen LogP contribution is -2.35. The Kier molecular flexibility index (Phi) is 4.46. The van der Waals surface area contributed by atoms with Crippen molar-refractivity contribution in [3.8, 4) is 6.01 Å². The lowest BCUT2D eigenvalue weighted by molar-refractivity contribution is -0.121. The summed E-state index contributed by atoms with van der Waals surface area (Å²) in [5.74, 6) is -0.655. The van der Waals surface area contributed by atoms with E-state index in [1.807, 2.05) is 0 Å². The second-order valence-electron chi connectivity index (χ2n) is 3.76. The molecule has 0 unspecified atom stereocenters. The molecule has 0 bridgehead atoms. The van der Waals surface area contributed by atoms with Gasteiger partial charge in [-0.05, 0) is 30.7 Å². The first kappa shape index (κ1) is 15.3. The SMILES string of the molecule is CCOc1nc(Cl)nc(N(c2ccccc2)C(F)(F)F)n1. The molecule has 5 nitrogen and oxygen atoms in total. The summed E-state index contributed by atoms with van der Waals surface area (Å²) < 4.78 is 44.8. The van der Waals surface area contributed by atoms with E-state index in [9.17, 15) is 13.2 Å². The first-order valence-electron chi connectivity index (χ1n) is 5.88. The van der Waals surface area contributed by atoms with Gasteiger partial charge in [0.25, 0.3) is 0 Å². The minimum atomic E-state index is -4.73. The summed E-state index contributed by atoms with van der Waals surface area (Å²) >= 11 is 5.63. The Balaban J connectivity index is 2.52. The van der Waals surface area contributed by atoms with Crippen LogP contribution in [-0.2, 0) is 0 Å². The van der Waals surface area contributed by atoms with Crippen LogP contribution >= 0.6 is 11.6 Å². The fraction of sp³-hybridized carbons (Fsp3) is 0.250. The van der Waals surface area contributed by atoms with Gasteiger partial charge >= 0.3 is 12.3 Å². The third kappa shape index (κ3) is 3.72. The summed E-state index contributed by atoms with van der Waals surface area (Å²) in [6.45, 7) is 1.84. The molecule has 21 heavy (non-hydrogen) atoms. The lowest BCUT2D eigenvalue weighted by Gasteiger charge is -2.24. The van der Waals surface area contributed by atoms with Crippen LogP contribution in [0.2, 0.25) is 5.28 Å². The van der Waals surface area contributed by atoms with E-state index in [1.54, 1.807) is 13.0 Å². The first-order valence-corrected chi connectivity index (χ1v) is 6.26. The van der Waals surface area contributed by atoms with E-state index >= 15 is 0 Å². The number of para-hydroxylation sites is 1. The van der Waals surface area contributed by atoms with Crippen LogP contribution in [0, 0.1) is 0 Å². The zero-order chi connectivity index (χ0) is 15.5. The summed E-state index contributed by atoms with van der Waals surface area (Å²) in [5.41, 5.74) is -0.144. The number of alkyl halides is 3. The van der Waals surface area contributed by atoms with E-state index in [2.05, 4.69) is 15.0 Å². The smallest absolute Gasteiger partial charge is 0.464 e. The molecule has 0 aliphatic carbocycles. The average molecular weight is 319 g/mol. The highest BCUT2D eigenvalue weighted by atomic mass is 35.5. The largest absolute Gasteiger partial charge is 0.491 e. The molecule has 0 amide bonds. The van der Waals surface area contributed by atoms with Crippen molar-refractivity contribution in [3.63, 3.8) is 0 Å². The second kappa shape index (κ2) is 6.13. The van der Waals surface area contributed by atoms with Gasteiger partial charge in [0.15, 0.2) is 0 Å². The number of anilines is 2. The van der Waals surface area contributed by atoms with Gasteiger partial charge in [-0.3, -0.25) is 0 Å². The van der Waals surface area contributed by atoms with Gasteiger partial charge in [0, 0.05) is 0 Å². The fourth-order valence-electron chi connectivity index (χ4n) is 1.57. The predicted octanol–water partition coefficient (Wildman–Crippen LogP) is 3.58. The average Bonchev–Trinajstić information content (AvgIpc) is 2.38. The molecule has 0 saturated heterocycles. The van der Waals surface area contributed by atoms with Crippen molar-refractivity contribution in [2.75, 3.05) is 11.5 Å². The Hall–Kier alpha value is -2.09. The summed E-state index contributed by atoms with van der Waals surface area (Å²) in [4.78, 5) is 10.8. The van der Waals surface area contributed by atoms with Crippen molar-refractivity contribution in [1.29, 1.82) is 0 Å². The number of aromatic nitrogens is 3. The van der Waals surface area contributed by atoms with Crippen LogP contribution in [0.5, 0.6) is 6.01 Å². The van der Waals surface area contributed by atoms with Crippen molar-refractivity contribution in [2.45, 2.75) is 13.2 Å². The number of ether oxygens (including phenoxy) is 1. The molecule has 0 radical (unpaired) electrons. The normalized spacial score (nSPS) is 11.3. The van der Waals surface area contributed by atoms with Crippen molar-refractivity contribution in [1.82, 2.24) is 15.0 Å². The Morgan fingerprint density at radius 3 is 2.38 bits per heavy atom. The molecule has 1 aromatic carbocycles. The first-order chi connectivity index (χ1) is 9.91. The number of hydrogen-bond donors (Lipinski definition) is 0. The Bertz CT molecular complexity index is 609. The van der Waals surface area contributed by atoms with Crippen molar-refractivity contribution >= 4 is 23.2 Å². The molecule has 2 rings (SSSR count). The highest BCUT2D eigenvalue weighted by Crippen LogP contribution is 2.34. The van der Waals surface area contributed by atoms with Gasteiger partial charge in [-0.25, -0.2) is 4.90 Å². The summed E-state index contributed by atoms with van der Waals surface area (Å²) in [6, 6.07) is 6.85. The van der Waals surface area contributed by atoms with Crippen LogP contribution in [0.3, 0.4) is 0 Å². The van der Waals surface area contributed by atoms with Gasteiger partial charge < -0.3 is 4.74 Å². The van der Waals surface area contributed by atoms with Gasteiger partial charge in [0.1, 0.15) is 0 Å². The van der Waals surface area contributed by atoms with Crippen LogP contribution in [-0.4, -0.2) is 27.9 Å². The zero-order valence-electron chi connectivity index (χ0n) is 10.8. The molecular weight excluding hydrogens is 309 g/mol. The minimum Gasteiger partial charge on any atom is -0.464 e. The number of rotatable bonds is 4. The fourth-order valence-corrected chi connectivity index (χ4v) is 1.72. The summed E-state index contributed by atoms with van der Waals surface area (Å²) in [7, 11) is 0. The van der Waals surface area contributed by atoms with E-state index in [0.29, 0.717) is 0 Å². The topological polar surface area (TPSA) is 51.1 Å². The van der Waals surface area contributed by atoms with Crippen LogP contribution in [0.4, 0.5) is 24.8 Å². The monoisotopic (exact) mass is 318 g/mol. The Labute approximate surface area is 123 Å². The summed E-state index contributed by atoms with van der Waals surface area (Å²) in [5, 5.41) is -0.381. The maximum Gasteiger partial charge on any atom is 0.491 e. The molecule has 0 atom stereocenters. The highest BCUT2D eigenvalue weighted by Gasteiger charge is 2.41. The maximum absolute atomic E-state index is 13.3. The molecule has 0 spiro atoms. The molecule has 0 fully saturated rings. The van der Waals surface area contributed by atoms with Gasteiger partial charge in [-0.15, -0.1) is 13.2 Å². The van der Waals surface area contributed by atoms with Gasteiger partial charge in [-0.1, -0.05) is 18.2 Å². The molecule has 112 valence electrons. The predicted molar refractivity (Wildman–Crippen MR) is 70.6 cm³/mol. The Morgan fingerprint density at radius 2 is 1.81 bits per heavy atom. The molecule has 1 aromatic heterocycles. The summed E-state index contributed by atoms with van der Waals surface area (Å²) in [6.07, 6.45) is -4.73. The standard InChI is InChI=1S/C12H10ClF3N4O/c1-2-21-11-18-9(13)17-10(19-11)20(12(14,15)16)8-6-4-3-5-7-8/h3-7H,2H2,1H3. The van der Waals surface area contributed by atoms with Crippen molar-refractivity contribution in [2.24, 2.45) is 0 Å². The molecule has 0 aliphatic rings. The van der Waals surface area contributed by atoms with Gasteiger partial charge in [0.05, 0.1) is 12.3 Å². The number of benzene rings is 1. The van der Waals surface area contributed by atoms with Gasteiger partial charge in [-0.2, -0.15) is 15.0 Å². The van der Waals surface area contributed by atoms with Crippen LogP contribution in [0.25, 0.3) is 0 Å². The quantitative estimate of drug-likeness (QED) is 0.806. The van der Waals surface area contributed by atoms with E-state index in [-0.39, 0.29) is 28.5 Å². The third-order valence-electron chi connectivity index (χ3n) is 2.32. The van der Waals surface area contributed by atoms with Crippen LogP contribution in [0.1, 0.15) is 6.92 Å². The zero-order valence-corrected chi connectivity index (χ0v) is 11.6. The molecule has 0 N–H and O–H groups in total. The van der Waals surface area contributed by atoms with Crippen molar-refractivity contribution < 1.29 is 17.9 Å². The number of nitrogens with zero attached hydrogens (tertiary/aromatic N) is 4. The maximum atomic E-state index is 13.3. The lowest BCUT2D eigenvalue weighted by atomic mass is 10.3. The minimum absolute atomic E-state index is 0.00306. The molecule has 2 aromatic rings. The van der Waals surface area contributed by atoms with E-state index in [1.165, 1.54) is 24.3 Å². The third-order valence-corrected chi connectivity index (χ3v) is 2.49. The number of hydrogen-bond acceptors (Lipinski definition) is 5. The Morgan fingerprint density at radius 1 is 1.14 bits per heavy atom. The van der Waals surface area contributed by atoms with E-state index in [4.69, 9.17) is 16.3 Å².